The molecule has 0 spiro atoms. The quantitative estimate of drug-likeness (QED) is 0.910. The highest BCUT2D eigenvalue weighted by Crippen LogP contribution is 2.34. The van der Waals surface area contributed by atoms with E-state index in [9.17, 15) is 9.59 Å². The van der Waals surface area contributed by atoms with E-state index >= 15 is 0 Å². The van der Waals surface area contributed by atoms with Gasteiger partial charge in [-0.05, 0) is 25.5 Å². The molecular formula is C16H22N2O2S. The molecule has 0 aliphatic carbocycles. The number of amides is 2. The summed E-state index contributed by atoms with van der Waals surface area (Å²) < 4.78 is 0. The van der Waals surface area contributed by atoms with Gasteiger partial charge in [0.2, 0.25) is 11.8 Å². The molecule has 1 aliphatic heterocycles. The molecule has 0 saturated carbocycles. The third-order valence-electron chi connectivity index (χ3n) is 3.62. The molecule has 5 heteroatoms. The number of rotatable bonds is 5. The van der Waals surface area contributed by atoms with Crippen LogP contribution in [0.25, 0.3) is 0 Å². The Bertz CT molecular complexity index is 519. The Morgan fingerprint density at radius 3 is 2.86 bits per heavy atom. The Morgan fingerprint density at radius 1 is 1.33 bits per heavy atom. The van der Waals surface area contributed by atoms with Gasteiger partial charge in [-0.25, -0.2) is 0 Å². The summed E-state index contributed by atoms with van der Waals surface area (Å²) >= 11 is 1.77. The van der Waals surface area contributed by atoms with E-state index in [2.05, 4.69) is 5.32 Å². The van der Waals surface area contributed by atoms with Gasteiger partial charge in [0.25, 0.3) is 0 Å². The molecule has 0 saturated heterocycles. The molecule has 2 rings (SSSR count). The normalized spacial score (nSPS) is 15.2. The lowest BCUT2D eigenvalue weighted by Gasteiger charge is -2.29. The Morgan fingerprint density at radius 2 is 2.10 bits per heavy atom. The largest absolute Gasteiger partial charge is 0.354 e. The first kappa shape index (κ1) is 15.9. The zero-order chi connectivity index (χ0) is 15.2. The van der Waals surface area contributed by atoms with Gasteiger partial charge in [-0.1, -0.05) is 19.1 Å². The SMILES string of the molecule is CC[C@H](C)NC(=O)CCC(=O)N1CCSc2ccccc21. The standard InChI is InChI=1S/C16H22N2O2S/c1-3-12(2)17-15(19)8-9-16(20)18-10-11-21-14-7-5-4-6-13(14)18/h4-7,12H,3,8-11H2,1-2H3,(H,17,19)/t12-/m0/s1. The molecule has 1 N–H and O–H groups in total. The summed E-state index contributed by atoms with van der Waals surface area (Å²) in [5.41, 5.74) is 0.973. The van der Waals surface area contributed by atoms with Crippen molar-refractivity contribution in [2.45, 2.75) is 44.0 Å². The van der Waals surface area contributed by atoms with Gasteiger partial charge < -0.3 is 10.2 Å². The third kappa shape index (κ3) is 4.24. The van der Waals surface area contributed by atoms with Gasteiger partial charge in [-0.3, -0.25) is 9.59 Å². The molecule has 1 aromatic rings. The summed E-state index contributed by atoms with van der Waals surface area (Å²) in [5, 5.41) is 2.89. The van der Waals surface area contributed by atoms with Gasteiger partial charge in [-0.2, -0.15) is 0 Å². The van der Waals surface area contributed by atoms with E-state index in [1.807, 2.05) is 43.0 Å². The molecule has 4 nitrogen and oxygen atoms in total. The van der Waals surface area contributed by atoms with Gasteiger partial charge >= 0.3 is 0 Å². The minimum atomic E-state index is -0.0441. The minimum absolute atomic E-state index is 0.0297. The fourth-order valence-electron chi connectivity index (χ4n) is 2.23. The van der Waals surface area contributed by atoms with Crippen LogP contribution in [0.3, 0.4) is 0 Å². The van der Waals surface area contributed by atoms with Crippen molar-refractivity contribution in [3.63, 3.8) is 0 Å². The summed E-state index contributed by atoms with van der Waals surface area (Å²) in [7, 11) is 0. The number of hydrogen-bond acceptors (Lipinski definition) is 3. The van der Waals surface area contributed by atoms with Gasteiger partial charge in [0.05, 0.1) is 5.69 Å². The van der Waals surface area contributed by atoms with Crippen molar-refractivity contribution < 1.29 is 9.59 Å². The Kier molecular flexibility index (Phi) is 5.67. The number of nitrogens with zero attached hydrogens (tertiary/aromatic N) is 1. The Hall–Kier alpha value is -1.49. The van der Waals surface area contributed by atoms with Gasteiger partial charge in [0.15, 0.2) is 0 Å². The number of carbonyl (C=O) groups excluding carboxylic acids is 2. The summed E-state index contributed by atoms with van der Waals surface area (Å²) in [4.78, 5) is 27.1. The molecule has 1 aliphatic rings. The van der Waals surface area contributed by atoms with Crippen LogP contribution in [0.5, 0.6) is 0 Å². The van der Waals surface area contributed by atoms with Crippen LogP contribution < -0.4 is 10.2 Å². The first-order valence-electron chi connectivity index (χ1n) is 7.43. The molecule has 2 amide bonds. The van der Waals surface area contributed by atoms with E-state index in [4.69, 9.17) is 0 Å². The molecule has 0 bridgehead atoms. The van der Waals surface area contributed by atoms with E-state index in [-0.39, 0.29) is 30.7 Å². The smallest absolute Gasteiger partial charge is 0.227 e. The van der Waals surface area contributed by atoms with Gasteiger partial charge in [0.1, 0.15) is 0 Å². The van der Waals surface area contributed by atoms with Crippen molar-refractivity contribution in [1.82, 2.24) is 5.32 Å². The van der Waals surface area contributed by atoms with Crippen LogP contribution in [0, 0.1) is 0 Å². The maximum absolute atomic E-state index is 12.4. The maximum atomic E-state index is 12.4. The number of anilines is 1. The molecule has 1 heterocycles. The summed E-state index contributed by atoms with van der Waals surface area (Å²) in [6.07, 6.45) is 1.42. The first-order valence-corrected chi connectivity index (χ1v) is 8.42. The van der Waals surface area contributed by atoms with Crippen LogP contribution in [0.15, 0.2) is 29.2 Å². The summed E-state index contributed by atoms with van der Waals surface area (Å²) in [6, 6.07) is 8.10. The second-order valence-electron chi connectivity index (χ2n) is 5.24. The predicted octanol–water partition coefficient (Wildman–Crippen LogP) is 2.82. The molecular weight excluding hydrogens is 284 g/mol. The molecule has 0 radical (unpaired) electrons. The lowest BCUT2D eigenvalue weighted by Crippen LogP contribution is -2.37. The number of carbonyl (C=O) groups is 2. The Balaban J connectivity index is 1.91. The lowest BCUT2D eigenvalue weighted by molar-refractivity contribution is -0.125. The summed E-state index contributed by atoms with van der Waals surface area (Å²) in [5.74, 6) is 0.890. The highest BCUT2D eigenvalue weighted by Gasteiger charge is 2.22. The van der Waals surface area contributed by atoms with Crippen molar-refractivity contribution in [1.29, 1.82) is 0 Å². The number of benzene rings is 1. The fraction of sp³-hybridized carbons (Fsp3) is 0.500. The van der Waals surface area contributed by atoms with Crippen molar-refractivity contribution >= 4 is 29.3 Å². The second-order valence-corrected chi connectivity index (χ2v) is 6.38. The topological polar surface area (TPSA) is 49.4 Å². The molecule has 1 aromatic carbocycles. The minimum Gasteiger partial charge on any atom is -0.354 e. The van der Waals surface area contributed by atoms with E-state index in [0.29, 0.717) is 6.54 Å². The van der Waals surface area contributed by atoms with Gasteiger partial charge in [0, 0.05) is 36.1 Å². The molecule has 114 valence electrons. The van der Waals surface area contributed by atoms with Gasteiger partial charge in [-0.15, -0.1) is 11.8 Å². The van der Waals surface area contributed by atoms with Crippen molar-refractivity contribution in [2.24, 2.45) is 0 Å². The zero-order valence-corrected chi connectivity index (χ0v) is 13.4. The van der Waals surface area contributed by atoms with E-state index in [1.54, 1.807) is 11.8 Å². The lowest BCUT2D eigenvalue weighted by atomic mass is 10.2. The highest BCUT2D eigenvalue weighted by atomic mass is 32.2. The zero-order valence-electron chi connectivity index (χ0n) is 12.6. The monoisotopic (exact) mass is 306 g/mol. The number of para-hydroxylation sites is 1. The van der Waals surface area contributed by atoms with Crippen molar-refractivity contribution in [2.75, 3.05) is 17.2 Å². The molecule has 0 fully saturated rings. The average molecular weight is 306 g/mol. The first-order chi connectivity index (χ1) is 10.1. The molecule has 0 aromatic heterocycles. The molecule has 21 heavy (non-hydrogen) atoms. The number of fused-ring (bicyclic) bond motifs is 1. The number of nitrogens with one attached hydrogen (secondary N) is 1. The van der Waals surface area contributed by atoms with Crippen LogP contribution in [0.1, 0.15) is 33.1 Å². The van der Waals surface area contributed by atoms with E-state index in [1.165, 1.54) is 0 Å². The average Bonchev–Trinajstić information content (AvgIpc) is 2.51. The third-order valence-corrected chi connectivity index (χ3v) is 4.66. The van der Waals surface area contributed by atoms with Crippen molar-refractivity contribution in [3.8, 4) is 0 Å². The second kappa shape index (κ2) is 7.50. The van der Waals surface area contributed by atoms with Crippen LogP contribution in [0.2, 0.25) is 0 Å². The predicted molar refractivity (Wildman–Crippen MR) is 86.6 cm³/mol. The number of thioether (sulfide) groups is 1. The van der Waals surface area contributed by atoms with Crippen LogP contribution in [-0.4, -0.2) is 30.2 Å². The molecule has 0 unspecified atom stereocenters. The summed E-state index contributed by atoms with van der Waals surface area (Å²) in [6.45, 7) is 4.71. The van der Waals surface area contributed by atoms with E-state index < -0.39 is 0 Å². The van der Waals surface area contributed by atoms with Crippen LogP contribution in [0.4, 0.5) is 5.69 Å². The van der Waals surface area contributed by atoms with Crippen LogP contribution in [-0.2, 0) is 9.59 Å². The maximum Gasteiger partial charge on any atom is 0.227 e. The van der Waals surface area contributed by atoms with Crippen molar-refractivity contribution in [3.05, 3.63) is 24.3 Å². The molecule has 1 atom stereocenters. The highest BCUT2D eigenvalue weighted by molar-refractivity contribution is 7.99. The fourth-order valence-corrected chi connectivity index (χ4v) is 3.23. The van der Waals surface area contributed by atoms with Crippen LogP contribution >= 0.6 is 11.8 Å². The number of hydrogen-bond donors (Lipinski definition) is 1. The Labute approximate surface area is 130 Å². The van der Waals surface area contributed by atoms with E-state index in [0.717, 1.165) is 22.8 Å².